The second-order valence-electron chi connectivity index (χ2n) is 5.80. The Hall–Kier alpha value is -2.04. The third kappa shape index (κ3) is 3.35. The van der Waals surface area contributed by atoms with Gasteiger partial charge in [-0.05, 0) is 49.9 Å². The number of carbonyl (C=O) groups excluding carboxylic acids is 1. The van der Waals surface area contributed by atoms with Crippen LogP contribution in [-0.2, 0) is 11.2 Å². The van der Waals surface area contributed by atoms with E-state index in [1.165, 1.54) is 0 Å². The van der Waals surface area contributed by atoms with Crippen LogP contribution in [0.1, 0.15) is 42.6 Å². The summed E-state index contributed by atoms with van der Waals surface area (Å²) in [5.41, 5.74) is 1.89. The molecule has 1 heterocycles. The predicted molar refractivity (Wildman–Crippen MR) is 81.6 cm³/mol. The molecule has 1 atom stereocenters. The molecule has 0 aliphatic carbocycles. The number of anilines is 1. The number of hydrogen-bond acceptors (Lipinski definition) is 3. The molecule has 0 bridgehead atoms. The molecule has 1 aliphatic heterocycles. The van der Waals surface area contributed by atoms with E-state index in [9.17, 15) is 14.7 Å². The van der Waals surface area contributed by atoms with Gasteiger partial charge in [-0.2, -0.15) is 0 Å². The van der Waals surface area contributed by atoms with Gasteiger partial charge in [-0.15, -0.1) is 0 Å². The molecule has 0 radical (unpaired) electrons. The standard InChI is InChI=1S/C16H22N2O3/c1-3-16(2,15(20)21)10-18-14(19)12-6-7-13-11(9-12)5-4-8-17-13/h6-7,9,17H,3-5,8,10H2,1-2H3,(H,18,19)(H,20,21). The van der Waals surface area contributed by atoms with Gasteiger partial charge < -0.3 is 15.7 Å². The molecule has 3 N–H and O–H groups in total. The number of rotatable bonds is 5. The lowest BCUT2D eigenvalue weighted by Gasteiger charge is -2.23. The molecule has 0 fully saturated rings. The lowest BCUT2D eigenvalue weighted by atomic mass is 9.87. The first-order valence-electron chi connectivity index (χ1n) is 7.34. The topological polar surface area (TPSA) is 78.4 Å². The maximum atomic E-state index is 12.2. The molecule has 5 nitrogen and oxygen atoms in total. The zero-order chi connectivity index (χ0) is 15.5. The number of carboxylic acids is 1. The first kappa shape index (κ1) is 15.4. The molecule has 0 spiro atoms. The molecule has 1 aliphatic rings. The van der Waals surface area contributed by atoms with E-state index in [0.29, 0.717) is 12.0 Å². The summed E-state index contributed by atoms with van der Waals surface area (Å²) in [6.45, 7) is 4.55. The van der Waals surface area contributed by atoms with Crippen LogP contribution < -0.4 is 10.6 Å². The summed E-state index contributed by atoms with van der Waals surface area (Å²) >= 11 is 0. The van der Waals surface area contributed by atoms with Crippen molar-refractivity contribution in [3.05, 3.63) is 29.3 Å². The zero-order valence-electron chi connectivity index (χ0n) is 12.5. The van der Waals surface area contributed by atoms with Gasteiger partial charge >= 0.3 is 5.97 Å². The van der Waals surface area contributed by atoms with Crippen LogP contribution in [0, 0.1) is 5.41 Å². The SMILES string of the molecule is CCC(C)(CNC(=O)c1ccc2c(c1)CCCN2)C(=O)O. The van der Waals surface area contributed by atoms with E-state index in [1.54, 1.807) is 13.0 Å². The highest BCUT2D eigenvalue weighted by atomic mass is 16.4. The summed E-state index contributed by atoms with van der Waals surface area (Å²) in [5, 5.41) is 15.3. The Labute approximate surface area is 124 Å². The smallest absolute Gasteiger partial charge is 0.311 e. The number of benzene rings is 1. The third-order valence-corrected chi connectivity index (χ3v) is 4.24. The Morgan fingerprint density at radius 3 is 2.86 bits per heavy atom. The number of carbonyl (C=O) groups is 2. The lowest BCUT2D eigenvalue weighted by molar-refractivity contribution is -0.147. The van der Waals surface area contributed by atoms with Crippen LogP contribution in [-0.4, -0.2) is 30.1 Å². The van der Waals surface area contributed by atoms with E-state index in [0.717, 1.165) is 30.6 Å². The van der Waals surface area contributed by atoms with Gasteiger partial charge in [-0.3, -0.25) is 9.59 Å². The first-order chi connectivity index (χ1) is 9.96. The molecule has 1 unspecified atom stereocenters. The van der Waals surface area contributed by atoms with Crippen molar-refractivity contribution in [2.24, 2.45) is 5.41 Å². The molecule has 1 amide bonds. The van der Waals surface area contributed by atoms with Crippen LogP contribution >= 0.6 is 0 Å². The van der Waals surface area contributed by atoms with E-state index < -0.39 is 11.4 Å². The minimum Gasteiger partial charge on any atom is -0.481 e. The highest BCUT2D eigenvalue weighted by Gasteiger charge is 2.31. The molecular weight excluding hydrogens is 268 g/mol. The Bertz CT molecular complexity index is 556. The summed E-state index contributed by atoms with van der Waals surface area (Å²) in [6.07, 6.45) is 2.49. The van der Waals surface area contributed by atoms with Crippen molar-refractivity contribution in [1.29, 1.82) is 0 Å². The largest absolute Gasteiger partial charge is 0.481 e. The summed E-state index contributed by atoms with van der Waals surface area (Å²) < 4.78 is 0. The molecule has 0 aromatic heterocycles. The van der Waals surface area contributed by atoms with Crippen LogP contribution in [0.25, 0.3) is 0 Å². The maximum absolute atomic E-state index is 12.2. The molecular formula is C16H22N2O3. The Kier molecular flexibility index (Phi) is 4.50. The van der Waals surface area contributed by atoms with Crippen LogP contribution in [0.5, 0.6) is 0 Å². The van der Waals surface area contributed by atoms with Gasteiger partial charge in [0.1, 0.15) is 0 Å². The molecule has 0 saturated carbocycles. The molecule has 0 saturated heterocycles. The van der Waals surface area contributed by atoms with Crippen molar-refractivity contribution < 1.29 is 14.7 Å². The molecule has 1 aromatic rings. The van der Waals surface area contributed by atoms with E-state index in [-0.39, 0.29) is 12.5 Å². The summed E-state index contributed by atoms with van der Waals surface area (Å²) in [4.78, 5) is 23.4. The molecule has 114 valence electrons. The number of aryl methyl sites for hydroxylation is 1. The van der Waals surface area contributed by atoms with Gasteiger partial charge in [-0.25, -0.2) is 0 Å². The van der Waals surface area contributed by atoms with Gasteiger partial charge in [0.25, 0.3) is 5.91 Å². The summed E-state index contributed by atoms with van der Waals surface area (Å²) in [7, 11) is 0. The average Bonchev–Trinajstić information content (AvgIpc) is 2.51. The Morgan fingerprint density at radius 1 is 1.43 bits per heavy atom. The highest BCUT2D eigenvalue weighted by molar-refractivity contribution is 5.95. The molecule has 1 aromatic carbocycles. The fourth-order valence-corrected chi connectivity index (χ4v) is 2.35. The lowest BCUT2D eigenvalue weighted by Crippen LogP contribution is -2.40. The summed E-state index contributed by atoms with van der Waals surface area (Å²) in [6, 6.07) is 5.58. The molecule has 21 heavy (non-hydrogen) atoms. The van der Waals surface area contributed by atoms with E-state index >= 15 is 0 Å². The quantitative estimate of drug-likeness (QED) is 0.777. The van der Waals surface area contributed by atoms with Crippen molar-refractivity contribution in [2.75, 3.05) is 18.4 Å². The second-order valence-corrected chi connectivity index (χ2v) is 5.80. The average molecular weight is 290 g/mol. The van der Waals surface area contributed by atoms with Gasteiger partial charge in [0, 0.05) is 24.3 Å². The van der Waals surface area contributed by atoms with Crippen LogP contribution in [0.2, 0.25) is 0 Å². The van der Waals surface area contributed by atoms with Crippen LogP contribution in [0.4, 0.5) is 5.69 Å². The highest BCUT2D eigenvalue weighted by Crippen LogP contribution is 2.23. The van der Waals surface area contributed by atoms with E-state index in [4.69, 9.17) is 0 Å². The Balaban J connectivity index is 2.05. The molecule has 5 heteroatoms. The van der Waals surface area contributed by atoms with Crippen molar-refractivity contribution in [3.8, 4) is 0 Å². The Morgan fingerprint density at radius 2 is 2.19 bits per heavy atom. The fraction of sp³-hybridized carbons (Fsp3) is 0.500. The van der Waals surface area contributed by atoms with Crippen molar-refractivity contribution in [2.45, 2.75) is 33.1 Å². The van der Waals surface area contributed by atoms with Gasteiger partial charge in [0.15, 0.2) is 0 Å². The number of amides is 1. The summed E-state index contributed by atoms with van der Waals surface area (Å²) in [5.74, 6) is -1.11. The van der Waals surface area contributed by atoms with Crippen molar-refractivity contribution in [3.63, 3.8) is 0 Å². The van der Waals surface area contributed by atoms with Gasteiger partial charge in [0.05, 0.1) is 5.41 Å². The fourth-order valence-electron chi connectivity index (χ4n) is 2.35. The minimum absolute atomic E-state index is 0.132. The third-order valence-electron chi connectivity index (χ3n) is 4.24. The second kappa shape index (κ2) is 6.16. The minimum atomic E-state index is -0.925. The number of aliphatic carboxylic acids is 1. The van der Waals surface area contributed by atoms with Crippen molar-refractivity contribution in [1.82, 2.24) is 5.32 Å². The van der Waals surface area contributed by atoms with E-state index in [1.807, 2.05) is 19.1 Å². The number of nitrogens with one attached hydrogen (secondary N) is 2. The van der Waals surface area contributed by atoms with Crippen LogP contribution in [0.3, 0.4) is 0 Å². The number of fused-ring (bicyclic) bond motifs is 1. The van der Waals surface area contributed by atoms with Crippen LogP contribution in [0.15, 0.2) is 18.2 Å². The van der Waals surface area contributed by atoms with Gasteiger partial charge in [0.2, 0.25) is 0 Å². The maximum Gasteiger partial charge on any atom is 0.311 e. The molecule has 2 rings (SSSR count). The zero-order valence-corrected chi connectivity index (χ0v) is 12.5. The van der Waals surface area contributed by atoms with Gasteiger partial charge in [-0.1, -0.05) is 6.92 Å². The number of carboxylic acid groups (broad SMARTS) is 1. The van der Waals surface area contributed by atoms with Crippen molar-refractivity contribution >= 4 is 17.6 Å². The normalized spacial score (nSPS) is 16.3. The van der Waals surface area contributed by atoms with E-state index in [2.05, 4.69) is 10.6 Å². The predicted octanol–water partition coefficient (Wildman–Crippen LogP) is 2.28. The number of hydrogen-bond donors (Lipinski definition) is 3. The first-order valence-corrected chi connectivity index (χ1v) is 7.34. The monoisotopic (exact) mass is 290 g/mol.